The average Bonchev–Trinajstić information content (AvgIpc) is 2.91. The van der Waals surface area contributed by atoms with E-state index in [1.54, 1.807) is 12.1 Å². The minimum atomic E-state index is -1.01. The van der Waals surface area contributed by atoms with Crippen molar-refractivity contribution in [3.05, 3.63) is 48.5 Å². The number of carboxylic acids is 1. The third-order valence-electron chi connectivity index (χ3n) is 3.18. The minimum Gasteiger partial charge on any atom is -0.479 e. The Morgan fingerprint density at radius 1 is 1.19 bits per heavy atom. The number of rotatable bonds is 4. The van der Waals surface area contributed by atoms with Crippen LogP contribution in [0.15, 0.2) is 48.5 Å². The van der Waals surface area contributed by atoms with Gasteiger partial charge in [-0.25, -0.2) is 9.78 Å². The zero-order chi connectivity index (χ0) is 14.8. The van der Waals surface area contributed by atoms with Crippen LogP contribution >= 0.6 is 0 Å². The number of nitrogens with one attached hydrogen (secondary N) is 1. The fourth-order valence-electron chi connectivity index (χ4n) is 2.09. The summed E-state index contributed by atoms with van der Waals surface area (Å²) in [6, 6.07) is 15.0. The number of carboxylic acid groups (broad SMARTS) is 1. The number of imidazole rings is 1. The van der Waals surface area contributed by atoms with E-state index < -0.39 is 12.1 Å². The maximum absolute atomic E-state index is 10.9. The van der Waals surface area contributed by atoms with Gasteiger partial charge in [-0.15, -0.1) is 0 Å². The lowest BCUT2D eigenvalue weighted by atomic mass is 10.2. The van der Waals surface area contributed by atoms with E-state index in [9.17, 15) is 4.79 Å². The number of hydrogen-bond donors (Lipinski definition) is 2. The molecule has 0 saturated carbocycles. The largest absolute Gasteiger partial charge is 0.479 e. The summed E-state index contributed by atoms with van der Waals surface area (Å²) in [5.74, 6) is 0.144. The van der Waals surface area contributed by atoms with Gasteiger partial charge in [0.15, 0.2) is 6.10 Å². The molecule has 2 N–H and O–H groups in total. The quantitative estimate of drug-likeness (QED) is 0.771. The number of aromatic amines is 1. The molecule has 1 atom stereocenters. The van der Waals surface area contributed by atoms with Gasteiger partial charge in [0.2, 0.25) is 0 Å². The van der Waals surface area contributed by atoms with Crippen molar-refractivity contribution in [1.29, 1.82) is 0 Å². The second-order valence-electron chi connectivity index (χ2n) is 4.70. The number of carbonyl (C=O) groups is 1. The number of para-hydroxylation sites is 3. The summed E-state index contributed by atoms with van der Waals surface area (Å²) in [7, 11) is 0. The van der Waals surface area contributed by atoms with E-state index in [1.165, 1.54) is 6.92 Å². The fraction of sp³-hybridized carbons (Fsp3) is 0.125. The highest BCUT2D eigenvalue weighted by atomic mass is 16.5. The van der Waals surface area contributed by atoms with Crippen LogP contribution in [0.25, 0.3) is 22.4 Å². The fourth-order valence-corrected chi connectivity index (χ4v) is 2.09. The third kappa shape index (κ3) is 2.58. The lowest BCUT2D eigenvalue weighted by Crippen LogP contribution is -2.23. The van der Waals surface area contributed by atoms with Gasteiger partial charge in [-0.05, 0) is 31.2 Å². The summed E-state index contributed by atoms with van der Waals surface area (Å²) in [4.78, 5) is 18.7. The molecule has 0 radical (unpaired) electrons. The van der Waals surface area contributed by atoms with Crippen molar-refractivity contribution >= 4 is 17.0 Å². The van der Waals surface area contributed by atoms with E-state index in [0.717, 1.165) is 16.6 Å². The summed E-state index contributed by atoms with van der Waals surface area (Å²) in [5, 5.41) is 8.97. The highest BCUT2D eigenvalue weighted by Crippen LogP contribution is 2.29. The molecule has 106 valence electrons. The highest BCUT2D eigenvalue weighted by Gasteiger charge is 2.16. The lowest BCUT2D eigenvalue weighted by Gasteiger charge is -2.13. The van der Waals surface area contributed by atoms with Crippen LogP contribution in [0.2, 0.25) is 0 Å². The van der Waals surface area contributed by atoms with Gasteiger partial charge < -0.3 is 14.8 Å². The molecule has 0 fully saturated rings. The molecule has 1 unspecified atom stereocenters. The van der Waals surface area contributed by atoms with Crippen LogP contribution in [0.4, 0.5) is 0 Å². The third-order valence-corrected chi connectivity index (χ3v) is 3.18. The van der Waals surface area contributed by atoms with Gasteiger partial charge in [-0.1, -0.05) is 24.3 Å². The summed E-state index contributed by atoms with van der Waals surface area (Å²) in [5.41, 5.74) is 2.52. The van der Waals surface area contributed by atoms with Crippen molar-refractivity contribution in [2.24, 2.45) is 0 Å². The monoisotopic (exact) mass is 282 g/mol. The van der Waals surface area contributed by atoms with E-state index in [0.29, 0.717) is 11.6 Å². The average molecular weight is 282 g/mol. The van der Waals surface area contributed by atoms with Gasteiger partial charge in [0.05, 0.1) is 16.6 Å². The molecule has 0 amide bonds. The van der Waals surface area contributed by atoms with Gasteiger partial charge in [0.25, 0.3) is 0 Å². The van der Waals surface area contributed by atoms with E-state index in [-0.39, 0.29) is 0 Å². The lowest BCUT2D eigenvalue weighted by molar-refractivity contribution is -0.144. The zero-order valence-corrected chi connectivity index (χ0v) is 11.4. The Labute approximate surface area is 121 Å². The van der Waals surface area contributed by atoms with Crippen LogP contribution in [0.5, 0.6) is 5.75 Å². The molecule has 1 heterocycles. The standard InChI is InChI=1S/C16H14N2O3/c1-10(16(19)20)21-14-9-5-2-6-11(14)15-17-12-7-3-4-8-13(12)18-15/h2-10H,1H3,(H,17,18)(H,19,20). The number of nitrogens with zero attached hydrogens (tertiary/aromatic N) is 1. The van der Waals surface area contributed by atoms with E-state index in [4.69, 9.17) is 9.84 Å². The maximum atomic E-state index is 10.9. The molecule has 0 bridgehead atoms. The van der Waals surface area contributed by atoms with Gasteiger partial charge >= 0.3 is 5.97 Å². The molecule has 5 nitrogen and oxygen atoms in total. The van der Waals surface area contributed by atoms with Crippen LogP contribution in [-0.4, -0.2) is 27.1 Å². The summed E-state index contributed by atoms with van der Waals surface area (Å²) < 4.78 is 5.50. The molecule has 3 aromatic rings. The SMILES string of the molecule is CC(Oc1ccccc1-c1nc2ccccc2[nH]1)C(=O)O. The number of aliphatic carboxylic acids is 1. The van der Waals surface area contributed by atoms with Crippen LogP contribution < -0.4 is 4.74 Å². The molecule has 3 rings (SSSR count). The summed E-state index contributed by atoms with van der Waals surface area (Å²) in [6.07, 6.45) is -0.921. The summed E-state index contributed by atoms with van der Waals surface area (Å²) in [6.45, 7) is 1.50. The number of ether oxygens (including phenoxy) is 1. The van der Waals surface area contributed by atoms with Crippen LogP contribution in [0.3, 0.4) is 0 Å². The molecular formula is C16H14N2O3. The molecule has 0 spiro atoms. The molecule has 5 heteroatoms. The van der Waals surface area contributed by atoms with Crippen molar-refractivity contribution in [2.45, 2.75) is 13.0 Å². The molecule has 0 aliphatic rings. The number of aromatic nitrogens is 2. The predicted molar refractivity (Wildman–Crippen MR) is 79.3 cm³/mol. The van der Waals surface area contributed by atoms with E-state index >= 15 is 0 Å². The number of hydrogen-bond acceptors (Lipinski definition) is 3. The van der Waals surface area contributed by atoms with Crippen LogP contribution in [0.1, 0.15) is 6.92 Å². The minimum absolute atomic E-state index is 0.492. The molecule has 2 aromatic carbocycles. The Morgan fingerprint density at radius 2 is 1.90 bits per heavy atom. The van der Waals surface area contributed by atoms with Crippen molar-refractivity contribution in [3.8, 4) is 17.1 Å². The second-order valence-corrected chi connectivity index (χ2v) is 4.70. The number of fused-ring (bicyclic) bond motifs is 1. The summed E-state index contributed by atoms with van der Waals surface area (Å²) >= 11 is 0. The Kier molecular flexibility index (Phi) is 3.31. The Bertz CT molecular complexity index is 762. The first-order valence-electron chi connectivity index (χ1n) is 6.59. The number of benzene rings is 2. The van der Waals surface area contributed by atoms with Crippen LogP contribution in [0, 0.1) is 0 Å². The molecular weight excluding hydrogens is 268 g/mol. The van der Waals surface area contributed by atoms with Crippen molar-refractivity contribution in [3.63, 3.8) is 0 Å². The van der Waals surface area contributed by atoms with Gasteiger partial charge in [-0.3, -0.25) is 0 Å². The normalized spacial score (nSPS) is 12.2. The topological polar surface area (TPSA) is 75.2 Å². The molecule has 1 aromatic heterocycles. The van der Waals surface area contributed by atoms with Crippen molar-refractivity contribution in [2.75, 3.05) is 0 Å². The van der Waals surface area contributed by atoms with Gasteiger partial charge in [-0.2, -0.15) is 0 Å². The van der Waals surface area contributed by atoms with E-state index in [1.807, 2.05) is 36.4 Å². The maximum Gasteiger partial charge on any atom is 0.344 e. The van der Waals surface area contributed by atoms with Gasteiger partial charge in [0, 0.05) is 0 Å². The van der Waals surface area contributed by atoms with Gasteiger partial charge in [0.1, 0.15) is 11.6 Å². The first-order valence-corrected chi connectivity index (χ1v) is 6.59. The van der Waals surface area contributed by atoms with Crippen molar-refractivity contribution < 1.29 is 14.6 Å². The van der Waals surface area contributed by atoms with E-state index in [2.05, 4.69) is 9.97 Å². The Morgan fingerprint density at radius 3 is 2.67 bits per heavy atom. The molecule has 0 aliphatic carbocycles. The van der Waals surface area contributed by atoms with Crippen molar-refractivity contribution in [1.82, 2.24) is 9.97 Å². The first kappa shape index (κ1) is 13.2. The number of H-pyrrole nitrogens is 1. The highest BCUT2D eigenvalue weighted by molar-refractivity contribution is 5.80. The molecule has 0 aliphatic heterocycles. The first-order chi connectivity index (χ1) is 10.1. The Hall–Kier alpha value is -2.82. The zero-order valence-electron chi connectivity index (χ0n) is 11.4. The molecule has 21 heavy (non-hydrogen) atoms. The van der Waals surface area contributed by atoms with Crippen LogP contribution in [-0.2, 0) is 4.79 Å². The molecule has 0 saturated heterocycles. The smallest absolute Gasteiger partial charge is 0.344 e. The Balaban J connectivity index is 2.03. The predicted octanol–water partition coefficient (Wildman–Crippen LogP) is 3.08. The second kappa shape index (κ2) is 5.28.